The van der Waals surface area contributed by atoms with Crippen LogP contribution in [0.1, 0.15) is 69.1 Å². The van der Waals surface area contributed by atoms with Gasteiger partial charge < -0.3 is 15.2 Å². The van der Waals surface area contributed by atoms with Crippen molar-refractivity contribution in [1.82, 2.24) is 19.9 Å². The number of nitrogens with zero attached hydrogens (tertiary/aromatic N) is 3. The fourth-order valence-corrected chi connectivity index (χ4v) is 4.14. The fraction of sp³-hybridized carbons (Fsp3) is 0.464. The molecule has 0 amide bonds. The van der Waals surface area contributed by atoms with E-state index in [1.165, 1.54) is 31.0 Å². The highest BCUT2D eigenvalue weighted by Crippen LogP contribution is 2.33. The normalized spacial score (nSPS) is 11.2. The zero-order valence-corrected chi connectivity index (χ0v) is 23.0. The van der Waals surface area contributed by atoms with Gasteiger partial charge in [-0.05, 0) is 62.9 Å². The predicted octanol–water partition coefficient (Wildman–Crippen LogP) is 7.25. The minimum Gasteiger partial charge on any atom is -0.505 e. The number of fused-ring (bicyclic) bond motifs is 1. The summed E-state index contributed by atoms with van der Waals surface area (Å²) in [5, 5.41) is 20.3. The molecule has 0 bridgehead atoms. The van der Waals surface area contributed by atoms with E-state index in [-0.39, 0.29) is 5.75 Å². The third kappa shape index (κ3) is 9.49. The lowest BCUT2D eigenvalue weighted by molar-refractivity contribution is 0.212. The number of H-pyrrole nitrogens is 1. The quantitative estimate of drug-likeness (QED) is 0.212. The monoisotopic (exact) mass is 498 g/mol. The Morgan fingerprint density at radius 3 is 2.29 bits per heavy atom. The van der Waals surface area contributed by atoms with Crippen LogP contribution in [0.25, 0.3) is 11.0 Å². The van der Waals surface area contributed by atoms with Gasteiger partial charge in [-0.1, -0.05) is 65.3 Å². The lowest BCUT2D eigenvalue weighted by Crippen LogP contribution is -2.03. The van der Waals surface area contributed by atoms with Crippen LogP contribution in [-0.2, 0) is 6.42 Å². The number of aryl methyl sites for hydroxylation is 4. The van der Waals surface area contributed by atoms with Gasteiger partial charge in [-0.25, -0.2) is 9.97 Å². The van der Waals surface area contributed by atoms with Gasteiger partial charge in [-0.3, -0.25) is 4.98 Å². The minimum absolute atomic E-state index is 0.263. The molecule has 0 saturated carbocycles. The number of aromatic amines is 1. The van der Waals surface area contributed by atoms with Crippen molar-refractivity contribution >= 4 is 22.8 Å². The van der Waals surface area contributed by atoms with Gasteiger partial charge in [-0.2, -0.15) is 0 Å². The maximum Gasteiger partial charge on any atom is 0.194 e. The van der Waals surface area contributed by atoms with Gasteiger partial charge in [-0.15, -0.1) is 0 Å². The van der Waals surface area contributed by atoms with Crippen LogP contribution < -0.4 is 0 Å². The van der Waals surface area contributed by atoms with E-state index in [1.807, 2.05) is 33.9 Å². The molecule has 3 aromatic rings. The Kier molecular flexibility index (Phi) is 14.0. The summed E-state index contributed by atoms with van der Waals surface area (Å²) in [5.41, 5.74) is 4.42. The van der Waals surface area contributed by atoms with E-state index in [2.05, 4.69) is 53.0 Å². The van der Waals surface area contributed by atoms with E-state index < -0.39 is 0 Å². The van der Waals surface area contributed by atoms with Crippen molar-refractivity contribution < 1.29 is 10.2 Å². The average molecular weight is 499 g/mol. The van der Waals surface area contributed by atoms with Crippen molar-refractivity contribution in [3.8, 4) is 5.75 Å². The first kappa shape index (κ1) is 30.4. The summed E-state index contributed by atoms with van der Waals surface area (Å²) in [6, 6.07) is 2.08. The van der Waals surface area contributed by atoms with E-state index in [0.29, 0.717) is 28.7 Å². The zero-order chi connectivity index (χ0) is 26.4. The Balaban J connectivity index is 0.000000394. The number of aromatic nitrogens is 4. The number of aliphatic hydroxyl groups excluding tert-OH is 1. The molecule has 0 aromatic carbocycles. The van der Waals surface area contributed by atoms with Crippen LogP contribution >= 0.6 is 11.8 Å². The van der Waals surface area contributed by atoms with E-state index in [4.69, 9.17) is 5.11 Å². The fourth-order valence-electron chi connectivity index (χ4n) is 3.27. The van der Waals surface area contributed by atoms with Gasteiger partial charge in [0.1, 0.15) is 11.4 Å². The number of aliphatic hydroxyl groups is 1. The van der Waals surface area contributed by atoms with Crippen LogP contribution in [0.2, 0.25) is 0 Å². The minimum atomic E-state index is 0.263. The van der Waals surface area contributed by atoms with Crippen molar-refractivity contribution in [2.75, 3.05) is 6.61 Å². The van der Waals surface area contributed by atoms with Crippen LogP contribution in [0.4, 0.5) is 0 Å². The SMILES string of the molecule is C=CC=C.CCCCC(CC)CO.CCc1[nH]c2nc(Sc3cnc(C)c(C)c3)nc(C)c2c1O. The second-order valence-electron chi connectivity index (χ2n) is 8.37. The van der Waals surface area contributed by atoms with Crippen molar-refractivity contribution in [2.45, 2.75) is 83.7 Å². The number of hydrogen-bond donors (Lipinski definition) is 3. The molecule has 3 aromatic heterocycles. The smallest absolute Gasteiger partial charge is 0.194 e. The number of nitrogens with one attached hydrogen (secondary N) is 1. The summed E-state index contributed by atoms with van der Waals surface area (Å²) in [6.07, 6.45) is 10.7. The predicted molar refractivity (Wildman–Crippen MR) is 148 cm³/mol. The molecule has 3 N–H and O–H groups in total. The highest BCUT2D eigenvalue weighted by molar-refractivity contribution is 7.99. The largest absolute Gasteiger partial charge is 0.505 e. The van der Waals surface area contributed by atoms with Crippen LogP contribution in [0.5, 0.6) is 5.75 Å². The maximum atomic E-state index is 10.2. The molecule has 35 heavy (non-hydrogen) atoms. The van der Waals surface area contributed by atoms with Gasteiger partial charge in [0.15, 0.2) is 5.16 Å². The van der Waals surface area contributed by atoms with Gasteiger partial charge in [0, 0.05) is 23.4 Å². The Labute approximate surface area is 215 Å². The second-order valence-corrected chi connectivity index (χ2v) is 9.41. The number of aromatic hydroxyl groups is 1. The topological polar surface area (TPSA) is 94.9 Å². The molecule has 3 heterocycles. The van der Waals surface area contributed by atoms with E-state index in [9.17, 15) is 5.11 Å². The number of hydrogen-bond acceptors (Lipinski definition) is 6. The molecule has 0 aliphatic heterocycles. The lowest BCUT2D eigenvalue weighted by atomic mass is 10.0. The van der Waals surface area contributed by atoms with Crippen LogP contribution in [0.15, 0.2) is 47.6 Å². The number of pyridine rings is 1. The molecular formula is C28H42N4O2S. The molecule has 7 heteroatoms. The Morgan fingerprint density at radius 2 is 1.77 bits per heavy atom. The standard InChI is InChI=1S/C16H18N4OS.C8H18O.C4H6/c1-5-12-14(21)13-10(4)18-16(20-15(13)19-12)22-11-6-8(2)9(3)17-7-11;1-3-5-6-8(4-2)7-9;1-3-4-2/h6-7,21H,5H2,1-4H3,(H,18,19,20);8-9H,3-7H2,1-2H3;3-4H,1-2H2. The van der Waals surface area contributed by atoms with E-state index >= 15 is 0 Å². The zero-order valence-electron chi connectivity index (χ0n) is 22.2. The van der Waals surface area contributed by atoms with E-state index in [1.54, 1.807) is 12.2 Å². The summed E-state index contributed by atoms with van der Waals surface area (Å²) in [5.74, 6) is 0.823. The lowest BCUT2D eigenvalue weighted by Gasteiger charge is -2.08. The molecule has 0 aliphatic carbocycles. The summed E-state index contributed by atoms with van der Waals surface area (Å²) >= 11 is 1.48. The summed E-state index contributed by atoms with van der Waals surface area (Å²) in [7, 11) is 0. The molecule has 192 valence electrons. The summed E-state index contributed by atoms with van der Waals surface area (Å²) < 4.78 is 0. The molecule has 1 unspecified atom stereocenters. The highest BCUT2D eigenvalue weighted by atomic mass is 32.2. The third-order valence-electron chi connectivity index (χ3n) is 5.71. The molecule has 0 fully saturated rings. The molecule has 1 atom stereocenters. The number of rotatable bonds is 9. The number of allylic oxidation sites excluding steroid dienone is 2. The highest BCUT2D eigenvalue weighted by Gasteiger charge is 2.15. The van der Waals surface area contributed by atoms with Crippen LogP contribution in [-0.4, -0.2) is 36.8 Å². The van der Waals surface area contributed by atoms with Crippen LogP contribution in [0.3, 0.4) is 0 Å². The van der Waals surface area contributed by atoms with Crippen molar-refractivity contribution in [3.05, 3.63) is 60.2 Å². The first-order valence-corrected chi connectivity index (χ1v) is 13.1. The van der Waals surface area contributed by atoms with Gasteiger partial charge in [0.2, 0.25) is 0 Å². The van der Waals surface area contributed by atoms with Gasteiger partial charge in [0.25, 0.3) is 0 Å². The van der Waals surface area contributed by atoms with Gasteiger partial charge >= 0.3 is 0 Å². The molecule has 6 nitrogen and oxygen atoms in total. The first-order chi connectivity index (χ1) is 16.8. The Hall–Kier alpha value is -2.64. The molecule has 3 rings (SSSR count). The first-order valence-electron chi connectivity index (χ1n) is 12.3. The molecular weight excluding hydrogens is 456 g/mol. The summed E-state index contributed by atoms with van der Waals surface area (Å²) in [6.45, 7) is 19.3. The number of unbranched alkanes of at least 4 members (excludes halogenated alkanes) is 1. The average Bonchev–Trinajstić information content (AvgIpc) is 3.18. The van der Waals surface area contributed by atoms with E-state index in [0.717, 1.165) is 40.4 Å². The van der Waals surface area contributed by atoms with Crippen LogP contribution in [0, 0.1) is 26.7 Å². The van der Waals surface area contributed by atoms with Crippen molar-refractivity contribution in [3.63, 3.8) is 0 Å². The maximum absolute atomic E-state index is 10.2. The third-order valence-corrected chi connectivity index (χ3v) is 6.53. The molecule has 0 saturated heterocycles. The molecule has 0 radical (unpaired) electrons. The van der Waals surface area contributed by atoms with Crippen molar-refractivity contribution in [1.29, 1.82) is 0 Å². The van der Waals surface area contributed by atoms with Gasteiger partial charge in [0.05, 0.1) is 16.8 Å². The second kappa shape index (κ2) is 16.1. The molecule has 0 aliphatic rings. The molecule has 0 spiro atoms. The van der Waals surface area contributed by atoms with Crippen molar-refractivity contribution in [2.24, 2.45) is 5.92 Å². The Morgan fingerprint density at radius 1 is 1.09 bits per heavy atom. The Bertz CT molecular complexity index is 1070. The summed E-state index contributed by atoms with van der Waals surface area (Å²) in [4.78, 5) is 17.6.